The second-order valence-electron chi connectivity index (χ2n) is 4.73. The molecule has 0 spiro atoms. The molecule has 5 nitrogen and oxygen atoms in total. The molecule has 104 valence electrons. The van der Waals surface area contributed by atoms with E-state index in [0.717, 1.165) is 4.90 Å². The van der Waals surface area contributed by atoms with Crippen molar-refractivity contribution in [2.75, 3.05) is 11.6 Å². The molecule has 1 rings (SSSR count). The second kappa shape index (κ2) is 6.47. The zero-order valence-corrected chi connectivity index (χ0v) is 12.0. The molecule has 0 heterocycles. The number of nitrogens with one attached hydrogen (secondary N) is 2. The lowest BCUT2D eigenvalue weighted by atomic mass is 10.0. The highest BCUT2D eigenvalue weighted by atomic mass is 32.2. The van der Waals surface area contributed by atoms with E-state index in [9.17, 15) is 9.59 Å². The van der Waals surface area contributed by atoms with Crippen LogP contribution >= 0.6 is 11.8 Å². The summed E-state index contributed by atoms with van der Waals surface area (Å²) in [5, 5.41) is 14.1. The Bertz CT molecular complexity index is 475. The number of rotatable bonds is 5. The Kier molecular flexibility index (Phi) is 5.23. The van der Waals surface area contributed by atoms with Gasteiger partial charge in [0, 0.05) is 10.4 Å². The molecule has 2 amide bonds. The van der Waals surface area contributed by atoms with Crippen molar-refractivity contribution < 1.29 is 14.7 Å². The van der Waals surface area contributed by atoms with E-state index in [-0.39, 0.29) is 6.42 Å². The van der Waals surface area contributed by atoms with Gasteiger partial charge in [-0.15, -0.1) is 11.8 Å². The minimum absolute atomic E-state index is 0.134. The number of carboxylic acids is 1. The molecule has 0 saturated carbocycles. The van der Waals surface area contributed by atoms with Gasteiger partial charge in [0.15, 0.2) is 0 Å². The van der Waals surface area contributed by atoms with E-state index >= 15 is 0 Å². The Hall–Kier alpha value is -1.69. The van der Waals surface area contributed by atoms with Crippen molar-refractivity contribution in [1.29, 1.82) is 0 Å². The summed E-state index contributed by atoms with van der Waals surface area (Å²) < 4.78 is 0. The maximum Gasteiger partial charge on any atom is 0.319 e. The highest BCUT2D eigenvalue weighted by molar-refractivity contribution is 7.98. The maximum atomic E-state index is 11.9. The number of carbonyl (C=O) groups excluding carboxylic acids is 1. The highest BCUT2D eigenvalue weighted by Gasteiger charge is 2.24. The molecule has 0 radical (unpaired) electrons. The van der Waals surface area contributed by atoms with Crippen LogP contribution in [0.1, 0.15) is 20.3 Å². The van der Waals surface area contributed by atoms with E-state index in [1.165, 1.54) is 11.8 Å². The molecule has 0 saturated heterocycles. The number of hydrogen-bond acceptors (Lipinski definition) is 3. The van der Waals surface area contributed by atoms with Crippen LogP contribution in [0.3, 0.4) is 0 Å². The van der Waals surface area contributed by atoms with Gasteiger partial charge in [-0.2, -0.15) is 0 Å². The van der Waals surface area contributed by atoms with E-state index in [4.69, 9.17) is 5.11 Å². The van der Waals surface area contributed by atoms with E-state index in [2.05, 4.69) is 10.6 Å². The Balaban J connectivity index is 2.67. The predicted octanol–water partition coefficient (Wildman–Crippen LogP) is 2.78. The summed E-state index contributed by atoms with van der Waals surface area (Å²) in [5.74, 6) is -0.949. The third-order valence-electron chi connectivity index (χ3n) is 2.40. The largest absolute Gasteiger partial charge is 0.481 e. The smallest absolute Gasteiger partial charge is 0.319 e. The van der Waals surface area contributed by atoms with Gasteiger partial charge < -0.3 is 15.7 Å². The third kappa shape index (κ3) is 5.21. The average Bonchev–Trinajstić information content (AvgIpc) is 2.26. The molecule has 0 atom stereocenters. The van der Waals surface area contributed by atoms with Gasteiger partial charge in [-0.05, 0) is 32.2 Å². The maximum absolute atomic E-state index is 11.9. The topological polar surface area (TPSA) is 78.4 Å². The molecule has 0 fully saturated rings. The van der Waals surface area contributed by atoms with Crippen molar-refractivity contribution in [2.24, 2.45) is 0 Å². The van der Waals surface area contributed by atoms with Gasteiger partial charge in [-0.25, -0.2) is 4.79 Å². The molecule has 0 bridgehead atoms. The fraction of sp³-hybridized carbons (Fsp3) is 0.385. The molecule has 6 heteroatoms. The van der Waals surface area contributed by atoms with Crippen LogP contribution < -0.4 is 10.6 Å². The Morgan fingerprint density at radius 3 is 2.53 bits per heavy atom. The Labute approximate surface area is 116 Å². The molecule has 19 heavy (non-hydrogen) atoms. The van der Waals surface area contributed by atoms with Crippen LogP contribution in [0.2, 0.25) is 0 Å². The lowest BCUT2D eigenvalue weighted by molar-refractivity contribution is -0.138. The van der Waals surface area contributed by atoms with Gasteiger partial charge >= 0.3 is 12.0 Å². The first-order valence-electron chi connectivity index (χ1n) is 5.78. The summed E-state index contributed by atoms with van der Waals surface area (Å²) >= 11 is 1.53. The molecule has 0 unspecified atom stereocenters. The number of urea groups is 1. The molecule has 1 aromatic carbocycles. The average molecular weight is 282 g/mol. The van der Waals surface area contributed by atoms with E-state index in [1.54, 1.807) is 19.9 Å². The van der Waals surface area contributed by atoms with E-state index < -0.39 is 17.5 Å². The van der Waals surface area contributed by atoms with Gasteiger partial charge in [0.25, 0.3) is 0 Å². The van der Waals surface area contributed by atoms with Crippen LogP contribution in [0.5, 0.6) is 0 Å². The summed E-state index contributed by atoms with van der Waals surface area (Å²) in [6.07, 6.45) is 1.79. The highest BCUT2D eigenvalue weighted by Crippen LogP contribution is 2.24. The first-order valence-corrected chi connectivity index (χ1v) is 7.00. The number of para-hydroxylation sites is 1. The summed E-state index contributed by atoms with van der Waals surface area (Å²) in [4.78, 5) is 23.5. The fourth-order valence-corrected chi connectivity index (χ4v) is 2.18. The standard InChI is InChI=1S/C13H18N2O3S/c1-13(2,8-11(16)17)15-12(18)14-9-6-4-5-7-10(9)19-3/h4-7H,8H2,1-3H3,(H,16,17)(H2,14,15,18). The number of hydrogen-bond donors (Lipinski definition) is 3. The van der Waals surface area contributed by atoms with Crippen LogP contribution in [0.15, 0.2) is 29.2 Å². The quantitative estimate of drug-likeness (QED) is 0.726. The first kappa shape index (κ1) is 15.4. The van der Waals surface area contributed by atoms with Gasteiger partial charge in [-0.3, -0.25) is 4.79 Å². The summed E-state index contributed by atoms with van der Waals surface area (Å²) in [6, 6.07) is 7.02. The zero-order valence-electron chi connectivity index (χ0n) is 11.2. The molecule has 0 aliphatic heterocycles. The molecule has 3 N–H and O–H groups in total. The summed E-state index contributed by atoms with van der Waals surface area (Å²) in [7, 11) is 0. The van der Waals surface area contributed by atoms with Crippen molar-refractivity contribution in [3.05, 3.63) is 24.3 Å². The Morgan fingerprint density at radius 1 is 1.32 bits per heavy atom. The second-order valence-corrected chi connectivity index (χ2v) is 5.58. The minimum atomic E-state index is -0.949. The SMILES string of the molecule is CSc1ccccc1NC(=O)NC(C)(C)CC(=O)O. The predicted molar refractivity (Wildman–Crippen MR) is 76.7 cm³/mol. The molecule has 0 aromatic heterocycles. The van der Waals surface area contributed by atoms with Crippen LogP contribution in [-0.4, -0.2) is 28.9 Å². The molecule has 0 aliphatic carbocycles. The number of anilines is 1. The summed E-state index contributed by atoms with van der Waals surface area (Å²) in [6.45, 7) is 3.34. The van der Waals surface area contributed by atoms with Crippen molar-refractivity contribution in [3.8, 4) is 0 Å². The number of thioether (sulfide) groups is 1. The molecule has 1 aromatic rings. The van der Waals surface area contributed by atoms with Crippen LogP contribution in [0, 0.1) is 0 Å². The van der Waals surface area contributed by atoms with Gasteiger partial charge in [-0.1, -0.05) is 12.1 Å². The third-order valence-corrected chi connectivity index (χ3v) is 3.20. The lowest BCUT2D eigenvalue weighted by Crippen LogP contribution is -2.46. The van der Waals surface area contributed by atoms with Crippen LogP contribution in [0.4, 0.5) is 10.5 Å². The number of carbonyl (C=O) groups is 2. The zero-order chi connectivity index (χ0) is 14.5. The molecular weight excluding hydrogens is 264 g/mol. The van der Waals surface area contributed by atoms with Crippen LogP contribution in [-0.2, 0) is 4.79 Å². The van der Waals surface area contributed by atoms with Crippen molar-refractivity contribution in [2.45, 2.75) is 30.7 Å². The summed E-state index contributed by atoms with van der Waals surface area (Å²) in [5.41, 5.74) is -0.0943. The number of amides is 2. The number of benzene rings is 1. The number of aliphatic carboxylic acids is 1. The van der Waals surface area contributed by atoms with Gasteiger partial charge in [0.05, 0.1) is 12.1 Å². The van der Waals surface area contributed by atoms with Crippen LogP contribution in [0.25, 0.3) is 0 Å². The monoisotopic (exact) mass is 282 g/mol. The first-order chi connectivity index (χ1) is 8.84. The normalized spacial score (nSPS) is 10.9. The van der Waals surface area contributed by atoms with Crippen molar-refractivity contribution in [1.82, 2.24) is 5.32 Å². The fourth-order valence-electron chi connectivity index (χ4n) is 1.63. The van der Waals surface area contributed by atoms with Crippen molar-refractivity contribution >= 4 is 29.4 Å². The number of carboxylic acid groups (broad SMARTS) is 1. The van der Waals surface area contributed by atoms with E-state index in [0.29, 0.717) is 5.69 Å². The Morgan fingerprint density at radius 2 is 1.95 bits per heavy atom. The molecule has 0 aliphatic rings. The van der Waals surface area contributed by atoms with Gasteiger partial charge in [0.1, 0.15) is 0 Å². The minimum Gasteiger partial charge on any atom is -0.481 e. The lowest BCUT2D eigenvalue weighted by Gasteiger charge is -2.24. The van der Waals surface area contributed by atoms with Gasteiger partial charge in [0.2, 0.25) is 0 Å². The van der Waals surface area contributed by atoms with E-state index in [1.807, 2.05) is 24.5 Å². The molecular formula is C13H18N2O3S. The van der Waals surface area contributed by atoms with Crippen molar-refractivity contribution in [3.63, 3.8) is 0 Å².